The Balaban J connectivity index is 2.17. The molecule has 4 nitrogen and oxygen atoms in total. The second-order valence-corrected chi connectivity index (χ2v) is 5.19. The van der Waals surface area contributed by atoms with Crippen molar-refractivity contribution < 1.29 is 13.2 Å². The summed E-state index contributed by atoms with van der Waals surface area (Å²) in [5.74, 6) is 0.236. The van der Waals surface area contributed by atoms with Gasteiger partial charge in [-0.25, -0.2) is 4.98 Å². The lowest BCUT2D eigenvalue weighted by molar-refractivity contribution is -0.137. The topological polar surface area (TPSA) is 69.5 Å². The van der Waals surface area contributed by atoms with Crippen LogP contribution in [0.15, 0.2) is 59.4 Å². The second kappa shape index (κ2) is 6.24. The highest BCUT2D eigenvalue weighted by atomic mass is 19.4. The third-order valence-electron chi connectivity index (χ3n) is 3.56. The number of halogens is 3. The minimum Gasteiger partial charge on any atom is -0.305 e. The lowest BCUT2D eigenvalue weighted by Crippen LogP contribution is -2.15. The monoisotopic (exact) mass is 341 g/mol. The van der Waals surface area contributed by atoms with Crippen molar-refractivity contribution in [3.8, 4) is 28.7 Å². The first-order valence-electron chi connectivity index (χ1n) is 7.17. The first-order valence-corrected chi connectivity index (χ1v) is 7.17. The van der Waals surface area contributed by atoms with Gasteiger partial charge in [-0.05, 0) is 12.1 Å². The molecule has 3 rings (SSSR count). The van der Waals surface area contributed by atoms with E-state index < -0.39 is 17.3 Å². The Labute approximate surface area is 140 Å². The summed E-state index contributed by atoms with van der Waals surface area (Å²) < 4.78 is 38.1. The van der Waals surface area contributed by atoms with Gasteiger partial charge in [0.05, 0.1) is 11.3 Å². The Kier molecular flexibility index (Phi) is 4.11. The van der Waals surface area contributed by atoms with Crippen LogP contribution in [0.2, 0.25) is 0 Å². The molecular weight excluding hydrogens is 331 g/mol. The number of rotatable bonds is 2. The zero-order valence-electron chi connectivity index (χ0n) is 12.6. The van der Waals surface area contributed by atoms with E-state index in [-0.39, 0.29) is 22.6 Å². The molecule has 1 aromatic heterocycles. The van der Waals surface area contributed by atoms with E-state index in [4.69, 9.17) is 0 Å². The fourth-order valence-corrected chi connectivity index (χ4v) is 2.34. The van der Waals surface area contributed by atoms with Gasteiger partial charge in [0.2, 0.25) is 0 Å². The van der Waals surface area contributed by atoms with Gasteiger partial charge in [-0.15, -0.1) is 0 Å². The van der Waals surface area contributed by atoms with Crippen LogP contribution in [0, 0.1) is 11.3 Å². The summed E-state index contributed by atoms with van der Waals surface area (Å²) >= 11 is 0. The molecule has 1 N–H and O–H groups in total. The molecule has 0 atom stereocenters. The summed E-state index contributed by atoms with van der Waals surface area (Å²) in [6.45, 7) is 0. The first kappa shape index (κ1) is 16.5. The summed E-state index contributed by atoms with van der Waals surface area (Å²) in [6.07, 6.45) is -4.46. The highest BCUT2D eigenvalue weighted by Gasteiger charge is 2.30. The van der Waals surface area contributed by atoms with Gasteiger partial charge < -0.3 is 4.98 Å². The van der Waals surface area contributed by atoms with Crippen LogP contribution in [-0.4, -0.2) is 9.97 Å². The summed E-state index contributed by atoms with van der Waals surface area (Å²) in [5, 5.41) is 9.22. The number of aromatic nitrogens is 2. The predicted molar refractivity (Wildman–Crippen MR) is 85.4 cm³/mol. The average molecular weight is 341 g/mol. The molecule has 0 aliphatic carbocycles. The molecular formula is C18H10F3N3O. The molecule has 0 spiro atoms. The van der Waals surface area contributed by atoms with Crippen molar-refractivity contribution in [2.24, 2.45) is 0 Å². The summed E-state index contributed by atoms with van der Waals surface area (Å²) in [7, 11) is 0. The second-order valence-electron chi connectivity index (χ2n) is 5.19. The zero-order valence-corrected chi connectivity index (χ0v) is 12.6. The normalized spacial score (nSPS) is 11.1. The molecule has 3 aromatic rings. The van der Waals surface area contributed by atoms with E-state index >= 15 is 0 Å². The average Bonchev–Trinajstić information content (AvgIpc) is 2.61. The maximum atomic E-state index is 12.7. The SMILES string of the molecule is N#Cc1c(-c2ccc(C(F)(F)F)cc2)nc(-c2ccccc2)[nH]c1=O. The minimum atomic E-state index is -4.46. The molecule has 0 aliphatic heterocycles. The zero-order chi connectivity index (χ0) is 18.0. The largest absolute Gasteiger partial charge is 0.416 e. The van der Waals surface area contributed by atoms with Crippen LogP contribution in [0.5, 0.6) is 0 Å². The fraction of sp³-hybridized carbons (Fsp3) is 0.0556. The van der Waals surface area contributed by atoms with Crippen molar-refractivity contribution in [3.63, 3.8) is 0 Å². The summed E-state index contributed by atoms with van der Waals surface area (Å²) in [6, 6.07) is 14.7. The molecule has 0 amide bonds. The van der Waals surface area contributed by atoms with E-state index in [0.717, 1.165) is 12.1 Å². The molecule has 1 heterocycles. The van der Waals surface area contributed by atoms with Gasteiger partial charge in [0.25, 0.3) is 5.56 Å². The van der Waals surface area contributed by atoms with Crippen molar-refractivity contribution >= 4 is 0 Å². The number of H-pyrrole nitrogens is 1. The van der Waals surface area contributed by atoms with E-state index in [1.165, 1.54) is 12.1 Å². The minimum absolute atomic E-state index is 0.0406. The molecule has 0 unspecified atom stereocenters. The third kappa shape index (κ3) is 3.28. The molecule has 0 saturated heterocycles. The van der Waals surface area contributed by atoms with Crippen molar-refractivity contribution in [2.45, 2.75) is 6.18 Å². The number of nitriles is 1. The van der Waals surface area contributed by atoms with E-state index in [0.29, 0.717) is 5.56 Å². The highest BCUT2D eigenvalue weighted by molar-refractivity contribution is 5.69. The van der Waals surface area contributed by atoms with Crippen LogP contribution in [0.3, 0.4) is 0 Å². The molecule has 0 radical (unpaired) electrons. The Bertz CT molecular complexity index is 1000. The Morgan fingerprint density at radius 3 is 2.16 bits per heavy atom. The van der Waals surface area contributed by atoms with E-state index in [2.05, 4.69) is 9.97 Å². The van der Waals surface area contributed by atoms with Crippen LogP contribution in [0.4, 0.5) is 13.2 Å². The van der Waals surface area contributed by atoms with Crippen LogP contribution >= 0.6 is 0 Å². The lowest BCUT2D eigenvalue weighted by atomic mass is 10.0. The number of nitrogens with zero attached hydrogens (tertiary/aromatic N) is 2. The van der Waals surface area contributed by atoms with Gasteiger partial charge in [0.15, 0.2) is 0 Å². The first-order chi connectivity index (χ1) is 11.9. The summed E-state index contributed by atoms with van der Waals surface area (Å²) in [5.41, 5.74) is -0.794. The van der Waals surface area contributed by atoms with Crippen LogP contribution < -0.4 is 5.56 Å². The van der Waals surface area contributed by atoms with Gasteiger partial charge in [-0.2, -0.15) is 18.4 Å². The quantitative estimate of drug-likeness (QED) is 0.766. The van der Waals surface area contributed by atoms with E-state index in [9.17, 15) is 23.2 Å². The Hall–Kier alpha value is -3.40. The van der Waals surface area contributed by atoms with Crippen molar-refractivity contribution in [2.75, 3.05) is 0 Å². The molecule has 2 aromatic carbocycles. The molecule has 124 valence electrons. The maximum absolute atomic E-state index is 12.7. The molecule has 0 aliphatic rings. The van der Waals surface area contributed by atoms with Crippen molar-refractivity contribution in [1.82, 2.24) is 9.97 Å². The molecule has 0 saturated carbocycles. The van der Waals surface area contributed by atoms with Crippen LogP contribution in [0.1, 0.15) is 11.1 Å². The molecule has 7 heteroatoms. The lowest BCUT2D eigenvalue weighted by Gasteiger charge is -2.09. The van der Waals surface area contributed by atoms with Gasteiger partial charge in [-0.3, -0.25) is 4.79 Å². The van der Waals surface area contributed by atoms with E-state index in [1.54, 1.807) is 36.4 Å². The van der Waals surface area contributed by atoms with Gasteiger partial charge >= 0.3 is 6.18 Å². The van der Waals surface area contributed by atoms with Crippen molar-refractivity contribution in [1.29, 1.82) is 5.26 Å². The Morgan fingerprint density at radius 2 is 1.60 bits per heavy atom. The summed E-state index contributed by atoms with van der Waals surface area (Å²) in [4.78, 5) is 19.0. The number of hydrogen-bond donors (Lipinski definition) is 1. The van der Waals surface area contributed by atoms with Gasteiger partial charge in [0.1, 0.15) is 17.5 Å². The highest BCUT2D eigenvalue weighted by Crippen LogP contribution is 2.31. The third-order valence-corrected chi connectivity index (χ3v) is 3.56. The molecule has 0 fully saturated rings. The van der Waals surface area contributed by atoms with Gasteiger partial charge in [0, 0.05) is 11.1 Å². The van der Waals surface area contributed by atoms with Gasteiger partial charge in [-0.1, -0.05) is 42.5 Å². The Morgan fingerprint density at radius 1 is 0.960 bits per heavy atom. The predicted octanol–water partition coefficient (Wildman–Crippen LogP) is 3.99. The number of hydrogen-bond acceptors (Lipinski definition) is 3. The standard InChI is InChI=1S/C18H10F3N3O/c19-18(20,21)13-8-6-11(7-9-13)15-14(10-22)17(25)24-16(23-15)12-4-2-1-3-5-12/h1-9H,(H,23,24,25). The molecule has 0 bridgehead atoms. The molecule has 25 heavy (non-hydrogen) atoms. The van der Waals surface area contributed by atoms with E-state index in [1.807, 2.05) is 0 Å². The van der Waals surface area contributed by atoms with Crippen LogP contribution in [-0.2, 0) is 6.18 Å². The van der Waals surface area contributed by atoms with Crippen LogP contribution in [0.25, 0.3) is 22.6 Å². The number of nitrogens with one attached hydrogen (secondary N) is 1. The smallest absolute Gasteiger partial charge is 0.305 e. The maximum Gasteiger partial charge on any atom is 0.416 e. The fourth-order valence-electron chi connectivity index (χ4n) is 2.34. The number of benzene rings is 2. The number of alkyl halides is 3. The van der Waals surface area contributed by atoms with Crippen molar-refractivity contribution in [3.05, 3.63) is 76.1 Å². The number of aromatic amines is 1.